The Morgan fingerprint density at radius 2 is 2.21 bits per heavy atom. The lowest BCUT2D eigenvalue weighted by Crippen LogP contribution is -2.03. The van der Waals surface area contributed by atoms with Gasteiger partial charge in [-0.15, -0.1) is 0 Å². The predicted molar refractivity (Wildman–Crippen MR) is 53.5 cm³/mol. The van der Waals surface area contributed by atoms with Crippen LogP contribution in [-0.2, 0) is 5.60 Å². The summed E-state index contributed by atoms with van der Waals surface area (Å²) in [4.78, 5) is 10.8. The molecular weight excluding hydrogens is 200 g/mol. The Labute approximate surface area is 83.6 Å². The van der Waals surface area contributed by atoms with Gasteiger partial charge in [0.05, 0.1) is 10.3 Å². The standard InChI is InChI=1S/C10H8O3S/c11-9-13-7-3-1-2-6(8(7)14-9)10(12)4-5-10/h1-3,12H,4-5H2. The van der Waals surface area contributed by atoms with Crippen LogP contribution in [0, 0.1) is 0 Å². The Kier molecular flexibility index (Phi) is 1.44. The first-order valence-electron chi connectivity index (χ1n) is 4.45. The van der Waals surface area contributed by atoms with Crippen molar-refractivity contribution < 1.29 is 9.52 Å². The van der Waals surface area contributed by atoms with E-state index in [1.54, 1.807) is 6.07 Å². The highest BCUT2D eigenvalue weighted by Gasteiger charge is 2.43. The molecule has 1 saturated carbocycles. The van der Waals surface area contributed by atoms with Crippen LogP contribution in [0.3, 0.4) is 0 Å². The summed E-state index contributed by atoms with van der Waals surface area (Å²) in [6.45, 7) is 0. The average molecular weight is 208 g/mol. The van der Waals surface area contributed by atoms with Crippen molar-refractivity contribution in [3.8, 4) is 0 Å². The Morgan fingerprint density at radius 1 is 1.43 bits per heavy atom. The Morgan fingerprint density at radius 3 is 2.93 bits per heavy atom. The molecule has 72 valence electrons. The summed E-state index contributed by atoms with van der Waals surface area (Å²) in [5.74, 6) is 0. The molecule has 0 atom stereocenters. The van der Waals surface area contributed by atoms with Crippen molar-refractivity contribution in [2.24, 2.45) is 0 Å². The second-order valence-corrected chi connectivity index (χ2v) is 4.56. The highest BCUT2D eigenvalue weighted by molar-refractivity contribution is 7.16. The van der Waals surface area contributed by atoms with Crippen LogP contribution in [0.4, 0.5) is 0 Å². The third-order valence-corrected chi connectivity index (χ3v) is 3.46. The number of hydrogen-bond donors (Lipinski definition) is 1. The molecule has 4 heteroatoms. The maximum absolute atomic E-state index is 11.1. The minimum Gasteiger partial charge on any atom is -0.414 e. The van der Waals surface area contributed by atoms with Gasteiger partial charge in [-0.2, -0.15) is 0 Å². The summed E-state index contributed by atoms with van der Waals surface area (Å²) in [7, 11) is 0. The van der Waals surface area contributed by atoms with E-state index in [9.17, 15) is 9.90 Å². The van der Waals surface area contributed by atoms with Crippen molar-refractivity contribution in [2.45, 2.75) is 18.4 Å². The van der Waals surface area contributed by atoms with Gasteiger partial charge in [-0.3, -0.25) is 0 Å². The second-order valence-electron chi connectivity index (χ2n) is 3.62. The summed E-state index contributed by atoms with van der Waals surface area (Å²) in [6.07, 6.45) is 1.55. The fraction of sp³-hybridized carbons (Fsp3) is 0.300. The van der Waals surface area contributed by atoms with Crippen LogP contribution >= 0.6 is 11.3 Å². The molecule has 0 aliphatic heterocycles. The molecule has 1 aromatic heterocycles. The summed E-state index contributed by atoms with van der Waals surface area (Å²) in [6, 6.07) is 5.42. The first-order valence-corrected chi connectivity index (χ1v) is 5.26. The lowest BCUT2D eigenvalue weighted by molar-refractivity contribution is 0.153. The smallest absolute Gasteiger partial charge is 0.396 e. The van der Waals surface area contributed by atoms with Gasteiger partial charge >= 0.3 is 4.94 Å². The van der Waals surface area contributed by atoms with E-state index in [1.165, 1.54) is 0 Å². The molecule has 0 amide bonds. The van der Waals surface area contributed by atoms with Gasteiger partial charge in [0.1, 0.15) is 5.58 Å². The van der Waals surface area contributed by atoms with E-state index in [-0.39, 0.29) is 4.94 Å². The van der Waals surface area contributed by atoms with Gasteiger partial charge < -0.3 is 9.52 Å². The average Bonchev–Trinajstić information content (AvgIpc) is 2.78. The molecule has 1 N–H and O–H groups in total. The van der Waals surface area contributed by atoms with Gasteiger partial charge in [-0.1, -0.05) is 23.5 Å². The van der Waals surface area contributed by atoms with Crippen molar-refractivity contribution in [1.29, 1.82) is 0 Å². The molecule has 1 fully saturated rings. The van der Waals surface area contributed by atoms with E-state index in [1.807, 2.05) is 12.1 Å². The fourth-order valence-electron chi connectivity index (χ4n) is 1.65. The predicted octanol–water partition coefficient (Wildman–Crippen LogP) is 1.84. The second kappa shape index (κ2) is 2.46. The lowest BCUT2D eigenvalue weighted by atomic mass is 10.1. The fourth-order valence-corrected chi connectivity index (χ4v) is 2.53. The summed E-state index contributed by atoms with van der Waals surface area (Å²) >= 11 is 1.06. The van der Waals surface area contributed by atoms with Crippen molar-refractivity contribution in [3.63, 3.8) is 0 Å². The van der Waals surface area contributed by atoms with E-state index in [4.69, 9.17) is 4.42 Å². The number of rotatable bonds is 1. The Hall–Kier alpha value is -1.13. The summed E-state index contributed by atoms with van der Waals surface area (Å²) < 4.78 is 5.77. The number of hydrogen-bond acceptors (Lipinski definition) is 4. The minimum atomic E-state index is -0.702. The quantitative estimate of drug-likeness (QED) is 0.777. The lowest BCUT2D eigenvalue weighted by Gasteiger charge is -2.07. The van der Waals surface area contributed by atoms with E-state index >= 15 is 0 Å². The maximum Gasteiger partial charge on any atom is 0.396 e. The molecule has 0 bridgehead atoms. The zero-order chi connectivity index (χ0) is 9.76. The molecule has 3 nitrogen and oxygen atoms in total. The van der Waals surface area contributed by atoms with Crippen LogP contribution in [-0.4, -0.2) is 5.11 Å². The molecule has 0 unspecified atom stereocenters. The van der Waals surface area contributed by atoms with Gasteiger partial charge in [0.15, 0.2) is 0 Å². The van der Waals surface area contributed by atoms with Gasteiger partial charge in [-0.05, 0) is 18.9 Å². The van der Waals surface area contributed by atoms with Crippen LogP contribution in [0.5, 0.6) is 0 Å². The Balaban J connectivity index is 2.38. The number of fused-ring (bicyclic) bond motifs is 1. The van der Waals surface area contributed by atoms with Crippen LogP contribution < -0.4 is 4.94 Å². The SMILES string of the molecule is O=c1oc2cccc(C3(O)CC3)c2s1. The van der Waals surface area contributed by atoms with Gasteiger partial charge in [0.2, 0.25) is 0 Å². The van der Waals surface area contributed by atoms with Crippen molar-refractivity contribution in [1.82, 2.24) is 0 Å². The van der Waals surface area contributed by atoms with Gasteiger partial charge in [-0.25, -0.2) is 4.79 Å². The maximum atomic E-state index is 11.1. The molecule has 0 spiro atoms. The van der Waals surface area contributed by atoms with E-state index in [2.05, 4.69) is 0 Å². The molecule has 14 heavy (non-hydrogen) atoms. The third-order valence-electron chi connectivity index (χ3n) is 2.58. The summed E-state index contributed by atoms with van der Waals surface area (Å²) in [5, 5.41) is 9.97. The van der Waals surface area contributed by atoms with E-state index in [0.717, 1.165) is 34.4 Å². The first-order chi connectivity index (χ1) is 6.69. The molecular formula is C10H8O3S. The monoisotopic (exact) mass is 208 g/mol. The molecule has 1 heterocycles. The normalized spacial score (nSPS) is 18.6. The van der Waals surface area contributed by atoms with E-state index in [0.29, 0.717) is 5.58 Å². The van der Waals surface area contributed by atoms with Gasteiger partial charge in [0, 0.05) is 5.56 Å². The van der Waals surface area contributed by atoms with Crippen LogP contribution in [0.25, 0.3) is 10.3 Å². The van der Waals surface area contributed by atoms with Crippen molar-refractivity contribution in [2.75, 3.05) is 0 Å². The number of benzene rings is 1. The van der Waals surface area contributed by atoms with E-state index < -0.39 is 5.60 Å². The molecule has 1 aliphatic rings. The van der Waals surface area contributed by atoms with Crippen LogP contribution in [0.15, 0.2) is 27.4 Å². The molecule has 1 aromatic carbocycles. The zero-order valence-electron chi connectivity index (χ0n) is 7.32. The van der Waals surface area contributed by atoms with Crippen molar-refractivity contribution >= 4 is 21.6 Å². The van der Waals surface area contributed by atoms with Crippen molar-refractivity contribution in [3.05, 3.63) is 33.5 Å². The minimum absolute atomic E-state index is 0.309. The molecule has 1 aliphatic carbocycles. The molecule has 0 saturated heterocycles. The Bertz CT molecular complexity index is 548. The highest BCUT2D eigenvalue weighted by Crippen LogP contribution is 2.48. The topological polar surface area (TPSA) is 50.4 Å². The first kappa shape index (κ1) is 8.20. The summed E-state index contributed by atoms with van der Waals surface area (Å²) in [5.41, 5.74) is 0.718. The highest BCUT2D eigenvalue weighted by atomic mass is 32.1. The molecule has 0 radical (unpaired) electrons. The third kappa shape index (κ3) is 1.04. The zero-order valence-corrected chi connectivity index (χ0v) is 8.13. The van der Waals surface area contributed by atoms with Gasteiger partial charge in [0.25, 0.3) is 0 Å². The van der Waals surface area contributed by atoms with Crippen LogP contribution in [0.1, 0.15) is 18.4 Å². The molecule has 2 aromatic rings. The molecule has 3 rings (SSSR count). The largest absolute Gasteiger partial charge is 0.414 e. The van der Waals surface area contributed by atoms with Crippen LogP contribution in [0.2, 0.25) is 0 Å². The number of aliphatic hydroxyl groups is 1.